The predicted molar refractivity (Wildman–Crippen MR) is 152 cm³/mol. The summed E-state index contributed by atoms with van der Waals surface area (Å²) < 4.78 is 63.5. The smallest absolute Gasteiger partial charge is 0.356 e. The lowest BCUT2D eigenvalue weighted by Gasteiger charge is -2.29. The fourth-order valence-electron chi connectivity index (χ4n) is 3.72. The first-order valence-corrected chi connectivity index (χ1v) is 15.4. The van der Waals surface area contributed by atoms with E-state index in [1.54, 1.807) is 37.3 Å². The number of benzene rings is 3. The normalized spacial score (nSPS) is 12.4. The number of hydrogen-bond acceptors (Lipinski definition) is 9. The van der Waals surface area contributed by atoms with E-state index in [-0.39, 0.29) is 36.0 Å². The average Bonchev–Trinajstić information content (AvgIpc) is 2.91. The highest BCUT2D eigenvalue weighted by Crippen LogP contribution is 2.61. The number of nitrogens with two attached hydrogens (primary N) is 1. The van der Waals surface area contributed by atoms with Gasteiger partial charge in [-0.15, -0.1) is 0 Å². The van der Waals surface area contributed by atoms with Crippen LogP contribution in [-0.4, -0.2) is 41.3 Å². The molecule has 0 saturated heterocycles. The average molecular weight is 577 g/mol. The van der Waals surface area contributed by atoms with Crippen LogP contribution in [0.25, 0.3) is 0 Å². The van der Waals surface area contributed by atoms with Crippen molar-refractivity contribution in [2.45, 2.75) is 19.3 Å². The first-order valence-electron chi connectivity index (χ1n) is 11.9. The minimum atomic E-state index is -3.93. The Kier molecular flexibility index (Phi) is 9.98. The fraction of sp³-hybridized carbons (Fsp3) is 0.269. The number of rotatable bonds is 14. The Morgan fingerprint density at radius 3 is 2.15 bits per heavy atom. The van der Waals surface area contributed by atoms with Crippen molar-refractivity contribution < 1.29 is 31.5 Å². The quantitative estimate of drug-likeness (QED) is 0.119. The molecule has 11 nitrogen and oxygen atoms in total. The lowest BCUT2D eigenvalue weighted by Crippen LogP contribution is -2.19. The van der Waals surface area contributed by atoms with Gasteiger partial charge in [-0.3, -0.25) is 14.7 Å². The van der Waals surface area contributed by atoms with E-state index in [1.165, 1.54) is 20.3 Å². The third kappa shape index (κ3) is 7.96. The molecule has 0 heterocycles. The van der Waals surface area contributed by atoms with E-state index in [4.69, 9.17) is 29.7 Å². The van der Waals surface area contributed by atoms with Gasteiger partial charge in [0.05, 0.1) is 18.6 Å². The van der Waals surface area contributed by atoms with Crippen LogP contribution in [0.3, 0.4) is 0 Å². The number of amidine groups is 1. The van der Waals surface area contributed by atoms with Crippen LogP contribution < -0.4 is 25.2 Å². The van der Waals surface area contributed by atoms with Gasteiger partial charge in [0.25, 0.3) is 0 Å². The molecule has 0 aromatic heterocycles. The summed E-state index contributed by atoms with van der Waals surface area (Å²) in [5, 5.41) is 10.7. The van der Waals surface area contributed by atoms with Gasteiger partial charge in [-0.2, -0.15) is 0 Å². The van der Waals surface area contributed by atoms with E-state index in [0.29, 0.717) is 17.0 Å². The van der Waals surface area contributed by atoms with Crippen molar-refractivity contribution in [2.75, 3.05) is 37.1 Å². The second-order valence-corrected chi connectivity index (χ2v) is 12.5. The van der Waals surface area contributed by atoms with Gasteiger partial charge in [0.15, 0.2) is 17.3 Å². The van der Waals surface area contributed by atoms with Gasteiger partial charge in [-0.25, -0.2) is 8.42 Å². The summed E-state index contributed by atoms with van der Waals surface area (Å²) in [6.07, 6.45) is 1.01. The molecule has 13 heteroatoms. The van der Waals surface area contributed by atoms with Crippen LogP contribution in [0.1, 0.15) is 29.4 Å². The Balaban J connectivity index is 2.16. The second-order valence-electron chi connectivity index (χ2n) is 8.41. The molecular formula is C26H33N4O7PS. The molecule has 39 heavy (non-hydrogen) atoms. The Bertz CT molecular complexity index is 1430. The maximum Gasteiger partial charge on any atom is 0.356 e. The zero-order chi connectivity index (χ0) is 28.6. The first-order chi connectivity index (χ1) is 18.5. The number of hydrogen-bond donors (Lipinski definition) is 4. The Morgan fingerprint density at radius 2 is 1.62 bits per heavy atom. The van der Waals surface area contributed by atoms with Gasteiger partial charge in [-0.05, 0) is 42.8 Å². The van der Waals surface area contributed by atoms with Gasteiger partial charge in [-0.1, -0.05) is 30.3 Å². The van der Waals surface area contributed by atoms with Gasteiger partial charge >= 0.3 is 7.60 Å². The summed E-state index contributed by atoms with van der Waals surface area (Å²) in [6, 6.07) is 19.0. The Morgan fingerprint density at radius 1 is 1.00 bits per heavy atom. The summed E-state index contributed by atoms with van der Waals surface area (Å²) in [7, 11) is -5.22. The zero-order valence-electron chi connectivity index (χ0n) is 22.1. The van der Waals surface area contributed by atoms with Gasteiger partial charge in [0.1, 0.15) is 12.4 Å². The molecule has 0 aliphatic heterocycles. The van der Waals surface area contributed by atoms with Crippen molar-refractivity contribution in [3.05, 3.63) is 83.4 Å². The minimum absolute atomic E-state index is 0.0937. The molecule has 1 unspecified atom stereocenters. The zero-order valence-corrected chi connectivity index (χ0v) is 23.8. The number of ether oxygens (including phenoxy) is 2. The second kappa shape index (κ2) is 13.0. The van der Waals surface area contributed by atoms with Crippen molar-refractivity contribution in [1.29, 1.82) is 5.41 Å². The van der Waals surface area contributed by atoms with E-state index >= 15 is 0 Å². The van der Waals surface area contributed by atoms with E-state index in [0.717, 1.165) is 11.8 Å². The minimum Gasteiger partial charge on any atom is -0.490 e. The molecule has 0 aliphatic carbocycles. The third-order valence-corrected chi connectivity index (χ3v) is 8.22. The molecule has 3 rings (SSSR count). The van der Waals surface area contributed by atoms with E-state index in [1.807, 2.05) is 30.3 Å². The number of anilines is 2. The molecule has 0 amide bonds. The first kappa shape index (κ1) is 30.0. The Hall–Kier alpha value is -3.57. The standard InChI is InChI=1S/C26H33N4O7PS/c1-5-36-23-15-21(22(30-39(4,32)33)16-24(23)37-17-18-9-7-6-8-10-18)26(38(31,34-2)35-3)29-20-13-11-19(12-14-20)25(27)28/h6-16,26,29-30H,5,17H2,1-4H3,(H3,27,28). The van der Waals surface area contributed by atoms with Crippen LogP contribution in [0.5, 0.6) is 11.5 Å². The molecule has 0 radical (unpaired) electrons. The molecule has 1 atom stereocenters. The highest BCUT2D eigenvalue weighted by Gasteiger charge is 2.38. The summed E-state index contributed by atoms with van der Waals surface area (Å²) in [5.41, 5.74) is 7.78. The van der Waals surface area contributed by atoms with Gasteiger partial charge < -0.3 is 29.6 Å². The molecule has 3 aromatic rings. The number of nitrogens with one attached hydrogen (secondary N) is 3. The molecule has 0 saturated carbocycles. The van der Waals surface area contributed by atoms with Crippen molar-refractivity contribution in [3.8, 4) is 11.5 Å². The molecular weight excluding hydrogens is 543 g/mol. The molecule has 0 bridgehead atoms. The third-order valence-electron chi connectivity index (χ3n) is 5.57. The molecule has 0 aliphatic rings. The molecule has 210 valence electrons. The number of nitrogen functional groups attached to an aromatic ring is 1. The van der Waals surface area contributed by atoms with Crippen LogP contribution in [0.2, 0.25) is 0 Å². The highest BCUT2D eigenvalue weighted by molar-refractivity contribution is 7.92. The van der Waals surface area contributed by atoms with E-state index in [9.17, 15) is 13.0 Å². The summed E-state index contributed by atoms with van der Waals surface area (Å²) in [5.74, 6) is -0.697. The molecule has 3 aromatic carbocycles. The lowest BCUT2D eigenvalue weighted by molar-refractivity contribution is 0.266. The van der Waals surface area contributed by atoms with Crippen LogP contribution in [0.4, 0.5) is 11.4 Å². The maximum atomic E-state index is 13.8. The monoisotopic (exact) mass is 576 g/mol. The molecule has 5 N–H and O–H groups in total. The lowest BCUT2D eigenvalue weighted by atomic mass is 10.1. The van der Waals surface area contributed by atoms with Crippen molar-refractivity contribution >= 4 is 34.8 Å². The highest BCUT2D eigenvalue weighted by atomic mass is 32.2. The van der Waals surface area contributed by atoms with E-state index in [2.05, 4.69) is 10.0 Å². The van der Waals surface area contributed by atoms with Crippen molar-refractivity contribution in [2.24, 2.45) is 5.73 Å². The van der Waals surface area contributed by atoms with Crippen LogP contribution in [0, 0.1) is 5.41 Å². The fourth-order valence-corrected chi connectivity index (χ4v) is 5.73. The number of sulfonamides is 1. The van der Waals surface area contributed by atoms with Crippen molar-refractivity contribution in [1.82, 2.24) is 0 Å². The van der Waals surface area contributed by atoms with E-state index < -0.39 is 23.4 Å². The summed E-state index contributed by atoms with van der Waals surface area (Å²) in [4.78, 5) is 0. The summed E-state index contributed by atoms with van der Waals surface area (Å²) >= 11 is 0. The molecule has 0 spiro atoms. The van der Waals surface area contributed by atoms with Gasteiger partial charge in [0.2, 0.25) is 10.0 Å². The predicted octanol–water partition coefficient (Wildman–Crippen LogP) is 4.92. The van der Waals surface area contributed by atoms with Crippen LogP contribution >= 0.6 is 7.60 Å². The topological polar surface area (TPSA) is 162 Å². The SMILES string of the molecule is CCOc1cc(C(Nc2ccc(C(=N)N)cc2)P(=O)(OC)OC)c(NS(C)(=O)=O)cc1OCc1ccccc1. The van der Waals surface area contributed by atoms with Crippen molar-refractivity contribution in [3.63, 3.8) is 0 Å². The largest absolute Gasteiger partial charge is 0.490 e. The maximum absolute atomic E-state index is 13.8. The van der Waals surface area contributed by atoms with Gasteiger partial charge in [0, 0.05) is 37.1 Å². The van der Waals surface area contributed by atoms with Crippen LogP contribution in [0.15, 0.2) is 66.7 Å². The van der Waals surface area contributed by atoms with Crippen LogP contribution in [-0.2, 0) is 30.2 Å². The Labute approximate surface area is 228 Å². The molecule has 0 fully saturated rings. The summed E-state index contributed by atoms with van der Waals surface area (Å²) in [6.45, 7) is 2.29.